The van der Waals surface area contributed by atoms with Crippen molar-refractivity contribution in [3.05, 3.63) is 58.1 Å². The monoisotopic (exact) mass is 383 g/mol. The molecule has 1 atom stereocenters. The fraction of sp³-hybridized carbons (Fsp3) is 0.278. The van der Waals surface area contributed by atoms with Gasteiger partial charge in [0, 0.05) is 10.6 Å². The lowest BCUT2D eigenvalue weighted by Gasteiger charge is -2.14. The standard InChI is InChI=1S/C18H20Cl2N2OS/c1-13-6-8-14(9-7-13)24-11-10-22(2)12-17(23)21-18-15(19)4-3-5-16(18)20/h3-9H,10-12H2,1-2H3,(H,21,23)/p+1. The van der Waals surface area contributed by atoms with E-state index < -0.39 is 0 Å². The van der Waals surface area contributed by atoms with E-state index in [1.807, 2.05) is 7.05 Å². The van der Waals surface area contributed by atoms with Gasteiger partial charge in [0.05, 0.1) is 29.3 Å². The molecule has 0 radical (unpaired) electrons. The number of hydrogen-bond donors (Lipinski definition) is 2. The highest BCUT2D eigenvalue weighted by molar-refractivity contribution is 7.99. The SMILES string of the molecule is Cc1ccc(SCC[NH+](C)CC(=O)Nc2c(Cl)cccc2Cl)cc1. The summed E-state index contributed by atoms with van der Waals surface area (Å²) >= 11 is 13.9. The fourth-order valence-electron chi connectivity index (χ4n) is 2.14. The average Bonchev–Trinajstić information content (AvgIpc) is 2.53. The van der Waals surface area contributed by atoms with Crippen LogP contribution in [0, 0.1) is 6.92 Å². The molecule has 1 amide bonds. The topological polar surface area (TPSA) is 33.5 Å². The highest BCUT2D eigenvalue weighted by Crippen LogP contribution is 2.29. The van der Waals surface area contributed by atoms with Gasteiger partial charge in [-0.15, -0.1) is 11.8 Å². The maximum atomic E-state index is 12.1. The molecule has 0 aromatic heterocycles. The van der Waals surface area contributed by atoms with Crippen molar-refractivity contribution < 1.29 is 9.69 Å². The lowest BCUT2D eigenvalue weighted by Crippen LogP contribution is -3.10. The Bertz CT molecular complexity index is 672. The number of carbonyl (C=O) groups is 1. The number of rotatable bonds is 7. The molecule has 0 aliphatic rings. The van der Waals surface area contributed by atoms with Gasteiger partial charge in [-0.05, 0) is 31.2 Å². The first-order valence-corrected chi connectivity index (χ1v) is 9.44. The highest BCUT2D eigenvalue weighted by Gasteiger charge is 2.13. The van der Waals surface area contributed by atoms with E-state index in [4.69, 9.17) is 23.2 Å². The molecule has 2 rings (SSSR count). The molecule has 2 aromatic carbocycles. The summed E-state index contributed by atoms with van der Waals surface area (Å²) in [5.74, 6) is 0.859. The van der Waals surface area contributed by atoms with Gasteiger partial charge in [0.25, 0.3) is 5.91 Å². The number of para-hydroxylation sites is 1. The van der Waals surface area contributed by atoms with Gasteiger partial charge < -0.3 is 10.2 Å². The summed E-state index contributed by atoms with van der Waals surface area (Å²) in [5, 5.41) is 3.69. The number of carbonyl (C=O) groups excluding carboxylic acids is 1. The molecule has 24 heavy (non-hydrogen) atoms. The van der Waals surface area contributed by atoms with E-state index in [-0.39, 0.29) is 5.91 Å². The molecule has 2 aromatic rings. The molecule has 0 bridgehead atoms. The summed E-state index contributed by atoms with van der Waals surface area (Å²) in [4.78, 5) is 14.5. The second kappa shape index (κ2) is 9.33. The molecule has 0 saturated heterocycles. The third-order valence-electron chi connectivity index (χ3n) is 3.51. The number of hydrogen-bond acceptors (Lipinski definition) is 2. The van der Waals surface area contributed by atoms with Crippen LogP contribution in [0.15, 0.2) is 47.4 Å². The minimum atomic E-state index is -0.0946. The molecule has 3 nitrogen and oxygen atoms in total. The van der Waals surface area contributed by atoms with E-state index in [0.29, 0.717) is 22.3 Å². The molecule has 0 heterocycles. The summed E-state index contributed by atoms with van der Waals surface area (Å²) in [7, 11) is 2.00. The van der Waals surface area contributed by atoms with Crippen molar-refractivity contribution in [2.75, 3.05) is 31.2 Å². The number of nitrogens with one attached hydrogen (secondary N) is 2. The Labute approximate surface area is 157 Å². The molecule has 1 unspecified atom stereocenters. The van der Waals surface area contributed by atoms with Crippen LogP contribution < -0.4 is 10.2 Å². The zero-order valence-corrected chi connectivity index (χ0v) is 16.1. The van der Waals surface area contributed by atoms with Crippen molar-refractivity contribution in [3.63, 3.8) is 0 Å². The van der Waals surface area contributed by atoms with Crippen molar-refractivity contribution in [2.24, 2.45) is 0 Å². The Hall–Kier alpha value is -1.20. The van der Waals surface area contributed by atoms with Crippen LogP contribution in [0.1, 0.15) is 5.56 Å². The Balaban J connectivity index is 1.76. The average molecular weight is 384 g/mol. The summed E-state index contributed by atoms with van der Waals surface area (Å²) in [6, 6.07) is 13.6. The Morgan fingerprint density at radius 1 is 1.12 bits per heavy atom. The summed E-state index contributed by atoms with van der Waals surface area (Å²) in [5.41, 5.74) is 1.74. The van der Waals surface area contributed by atoms with Gasteiger partial charge in [-0.3, -0.25) is 4.79 Å². The maximum absolute atomic E-state index is 12.1. The van der Waals surface area contributed by atoms with Gasteiger partial charge in [-0.25, -0.2) is 0 Å². The number of quaternary nitrogens is 1. The smallest absolute Gasteiger partial charge is 0.279 e. The van der Waals surface area contributed by atoms with Crippen molar-refractivity contribution >= 4 is 46.6 Å². The molecule has 128 valence electrons. The van der Waals surface area contributed by atoms with Crippen LogP contribution >= 0.6 is 35.0 Å². The number of benzene rings is 2. The number of halogens is 2. The highest BCUT2D eigenvalue weighted by atomic mass is 35.5. The van der Waals surface area contributed by atoms with E-state index in [2.05, 4.69) is 36.5 Å². The third-order valence-corrected chi connectivity index (χ3v) is 5.15. The summed E-state index contributed by atoms with van der Waals surface area (Å²) in [6.07, 6.45) is 0. The van der Waals surface area contributed by atoms with E-state index in [0.717, 1.165) is 17.2 Å². The van der Waals surface area contributed by atoms with Crippen LogP contribution in [0.25, 0.3) is 0 Å². The molecule has 2 N–H and O–H groups in total. The van der Waals surface area contributed by atoms with E-state index >= 15 is 0 Å². The van der Waals surface area contributed by atoms with Crippen LogP contribution in [0.3, 0.4) is 0 Å². The number of amides is 1. The summed E-state index contributed by atoms with van der Waals surface area (Å²) < 4.78 is 0. The van der Waals surface area contributed by atoms with E-state index in [1.54, 1.807) is 30.0 Å². The first kappa shape index (κ1) is 19.1. The lowest BCUT2D eigenvalue weighted by atomic mass is 10.2. The first-order valence-electron chi connectivity index (χ1n) is 7.70. The van der Waals surface area contributed by atoms with Crippen LogP contribution in [-0.4, -0.2) is 31.8 Å². The van der Waals surface area contributed by atoms with E-state index in [9.17, 15) is 4.79 Å². The number of likely N-dealkylation sites (N-methyl/N-ethyl adjacent to an activating group) is 1. The van der Waals surface area contributed by atoms with Crippen LogP contribution in [0.2, 0.25) is 10.0 Å². The Morgan fingerprint density at radius 3 is 2.38 bits per heavy atom. The molecular weight excluding hydrogens is 363 g/mol. The predicted octanol–water partition coefficient (Wildman–Crippen LogP) is 3.55. The van der Waals surface area contributed by atoms with Crippen molar-refractivity contribution in [1.29, 1.82) is 0 Å². The van der Waals surface area contributed by atoms with Gasteiger partial charge in [0.1, 0.15) is 0 Å². The first-order chi connectivity index (χ1) is 11.5. The van der Waals surface area contributed by atoms with Gasteiger partial charge >= 0.3 is 0 Å². The fourth-order valence-corrected chi connectivity index (χ4v) is 3.65. The zero-order chi connectivity index (χ0) is 17.5. The number of aryl methyl sites for hydroxylation is 1. The number of thioether (sulfide) groups is 1. The minimum absolute atomic E-state index is 0.0946. The molecule has 0 saturated carbocycles. The largest absolute Gasteiger partial charge is 0.329 e. The second-order valence-electron chi connectivity index (χ2n) is 5.69. The molecule has 0 aliphatic carbocycles. The van der Waals surface area contributed by atoms with Gasteiger partial charge in [-0.2, -0.15) is 0 Å². The normalized spacial score (nSPS) is 12.0. The molecule has 6 heteroatoms. The molecule has 0 fully saturated rings. The zero-order valence-electron chi connectivity index (χ0n) is 13.7. The lowest BCUT2D eigenvalue weighted by molar-refractivity contribution is -0.868. The van der Waals surface area contributed by atoms with Gasteiger partial charge in [-0.1, -0.05) is 47.0 Å². The van der Waals surface area contributed by atoms with Crippen molar-refractivity contribution in [1.82, 2.24) is 0 Å². The van der Waals surface area contributed by atoms with Crippen LogP contribution in [-0.2, 0) is 4.79 Å². The Kier molecular flexibility index (Phi) is 7.43. The van der Waals surface area contributed by atoms with Crippen molar-refractivity contribution in [2.45, 2.75) is 11.8 Å². The van der Waals surface area contributed by atoms with E-state index in [1.165, 1.54) is 10.5 Å². The third kappa shape index (κ3) is 6.02. The maximum Gasteiger partial charge on any atom is 0.279 e. The Morgan fingerprint density at radius 2 is 1.75 bits per heavy atom. The number of anilines is 1. The van der Waals surface area contributed by atoms with Gasteiger partial charge in [0.2, 0.25) is 0 Å². The quantitative estimate of drug-likeness (QED) is 0.716. The summed E-state index contributed by atoms with van der Waals surface area (Å²) in [6.45, 7) is 3.34. The van der Waals surface area contributed by atoms with Gasteiger partial charge in [0.15, 0.2) is 6.54 Å². The molecule has 0 aliphatic heterocycles. The van der Waals surface area contributed by atoms with Crippen LogP contribution in [0.4, 0.5) is 5.69 Å². The van der Waals surface area contributed by atoms with Crippen LogP contribution in [0.5, 0.6) is 0 Å². The predicted molar refractivity (Wildman–Crippen MR) is 104 cm³/mol. The van der Waals surface area contributed by atoms with Crippen molar-refractivity contribution in [3.8, 4) is 0 Å². The molecular formula is C18H21Cl2N2OS+. The minimum Gasteiger partial charge on any atom is -0.329 e. The second-order valence-corrected chi connectivity index (χ2v) is 7.67. The molecule has 0 spiro atoms.